The number of carbonyl (C=O) groups is 2. The summed E-state index contributed by atoms with van der Waals surface area (Å²) in [6, 6.07) is 6.97. The summed E-state index contributed by atoms with van der Waals surface area (Å²) >= 11 is 1.27. The van der Waals surface area contributed by atoms with Crippen molar-refractivity contribution in [3.63, 3.8) is 0 Å². The van der Waals surface area contributed by atoms with E-state index in [-0.39, 0.29) is 0 Å². The van der Waals surface area contributed by atoms with Crippen molar-refractivity contribution in [2.45, 2.75) is 33.8 Å². The number of ether oxygens (including phenoxy) is 2. The first-order valence-corrected chi connectivity index (χ1v) is 8.66. The Morgan fingerprint density at radius 3 is 2.36 bits per heavy atom. The van der Waals surface area contributed by atoms with Gasteiger partial charge in [0, 0.05) is 0 Å². The molecule has 0 bridgehead atoms. The molecular weight excluding hydrogens is 342 g/mol. The number of thiazole rings is 1. The molecule has 1 atom stereocenters. The Morgan fingerprint density at radius 1 is 1.16 bits per heavy atom. The molecular formula is C17H21N3O4S. The van der Waals surface area contributed by atoms with Crippen LogP contribution in [0.25, 0.3) is 0 Å². The van der Waals surface area contributed by atoms with Crippen LogP contribution in [0.4, 0.5) is 0 Å². The van der Waals surface area contributed by atoms with Gasteiger partial charge in [0.2, 0.25) is 0 Å². The van der Waals surface area contributed by atoms with Crippen molar-refractivity contribution in [3.8, 4) is 11.5 Å². The monoisotopic (exact) mass is 363 g/mol. The fourth-order valence-corrected chi connectivity index (χ4v) is 2.87. The van der Waals surface area contributed by atoms with Crippen LogP contribution in [0.1, 0.15) is 34.2 Å². The second kappa shape index (κ2) is 8.48. The maximum absolute atomic E-state index is 12.1. The molecule has 0 saturated carbocycles. The molecule has 0 spiro atoms. The molecule has 1 unspecified atom stereocenters. The van der Waals surface area contributed by atoms with Gasteiger partial charge in [0.15, 0.2) is 6.10 Å². The third-order valence-electron chi connectivity index (χ3n) is 3.23. The minimum atomic E-state index is -0.775. The Balaban J connectivity index is 1.85. The van der Waals surface area contributed by atoms with Gasteiger partial charge < -0.3 is 9.47 Å². The SMILES string of the molecule is CCOc1ccc(OC(C)C(=O)NNC(=O)c2sc(C)nc2C)cc1. The molecule has 2 amide bonds. The van der Waals surface area contributed by atoms with Crippen LogP contribution in [0.3, 0.4) is 0 Å². The van der Waals surface area contributed by atoms with Crippen LogP contribution in [0, 0.1) is 13.8 Å². The van der Waals surface area contributed by atoms with E-state index in [1.807, 2.05) is 13.8 Å². The van der Waals surface area contributed by atoms with Crippen LogP contribution in [0.2, 0.25) is 0 Å². The molecule has 1 aromatic heterocycles. The van der Waals surface area contributed by atoms with Crippen molar-refractivity contribution in [1.82, 2.24) is 15.8 Å². The van der Waals surface area contributed by atoms with Gasteiger partial charge in [-0.25, -0.2) is 4.98 Å². The van der Waals surface area contributed by atoms with Gasteiger partial charge in [0.25, 0.3) is 11.8 Å². The molecule has 0 saturated heterocycles. The summed E-state index contributed by atoms with van der Waals surface area (Å²) < 4.78 is 10.9. The van der Waals surface area contributed by atoms with Crippen molar-refractivity contribution in [3.05, 3.63) is 39.8 Å². The molecule has 0 fully saturated rings. The lowest BCUT2D eigenvalue weighted by Crippen LogP contribution is -2.47. The number of hydrazine groups is 1. The third-order valence-corrected chi connectivity index (χ3v) is 4.30. The highest BCUT2D eigenvalue weighted by Crippen LogP contribution is 2.19. The fourth-order valence-electron chi connectivity index (χ4n) is 2.06. The minimum Gasteiger partial charge on any atom is -0.494 e. The molecule has 1 aromatic carbocycles. The summed E-state index contributed by atoms with van der Waals surface area (Å²) in [4.78, 5) is 28.8. The number of carbonyl (C=O) groups excluding carboxylic acids is 2. The fraction of sp³-hybridized carbons (Fsp3) is 0.353. The highest BCUT2D eigenvalue weighted by atomic mass is 32.1. The van der Waals surface area contributed by atoms with E-state index in [0.717, 1.165) is 10.8 Å². The number of amides is 2. The molecule has 0 aliphatic rings. The van der Waals surface area contributed by atoms with Gasteiger partial charge in [-0.2, -0.15) is 0 Å². The Kier molecular flexibility index (Phi) is 6.35. The van der Waals surface area contributed by atoms with Crippen LogP contribution < -0.4 is 20.3 Å². The lowest BCUT2D eigenvalue weighted by molar-refractivity contribution is -0.128. The molecule has 134 valence electrons. The number of hydrogen-bond donors (Lipinski definition) is 2. The zero-order valence-electron chi connectivity index (χ0n) is 14.6. The van der Waals surface area contributed by atoms with Crippen molar-refractivity contribution >= 4 is 23.2 Å². The van der Waals surface area contributed by atoms with Gasteiger partial charge in [0.05, 0.1) is 17.3 Å². The Morgan fingerprint density at radius 2 is 1.80 bits per heavy atom. The molecule has 0 aliphatic carbocycles. The summed E-state index contributed by atoms with van der Waals surface area (Å²) in [7, 11) is 0. The molecule has 25 heavy (non-hydrogen) atoms. The molecule has 1 heterocycles. The second-order valence-corrected chi connectivity index (χ2v) is 6.46. The van der Waals surface area contributed by atoms with Gasteiger partial charge in [0.1, 0.15) is 16.4 Å². The maximum Gasteiger partial charge on any atom is 0.281 e. The summed E-state index contributed by atoms with van der Waals surface area (Å²) in [5.41, 5.74) is 5.37. The van der Waals surface area contributed by atoms with Gasteiger partial charge in [-0.1, -0.05) is 0 Å². The van der Waals surface area contributed by atoms with E-state index in [1.165, 1.54) is 11.3 Å². The van der Waals surface area contributed by atoms with Crippen molar-refractivity contribution < 1.29 is 19.1 Å². The van der Waals surface area contributed by atoms with E-state index >= 15 is 0 Å². The maximum atomic E-state index is 12.1. The lowest BCUT2D eigenvalue weighted by atomic mass is 10.3. The predicted octanol–water partition coefficient (Wildman–Crippen LogP) is 2.39. The molecule has 2 aromatic rings. The lowest BCUT2D eigenvalue weighted by Gasteiger charge is -2.15. The van der Waals surface area contributed by atoms with Gasteiger partial charge in [-0.15, -0.1) is 11.3 Å². The number of rotatable bonds is 6. The second-order valence-electron chi connectivity index (χ2n) is 5.26. The number of nitrogens with one attached hydrogen (secondary N) is 2. The first-order valence-electron chi connectivity index (χ1n) is 7.84. The van der Waals surface area contributed by atoms with Crippen LogP contribution >= 0.6 is 11.3 Å². The topological polar surface area (TPSA) is 89.5 Å². The first kappa shape index (κ1) is 18.7. The minimum absolute atomic E-state index is 0.398. The molecule has 8 heteroatoms. The summed E-state index contributed by atoms with van der Waals surface area (Å²) in [5.74, 6) is 0.409. The first-order chi connectivity index (χ1) is 11.9. The third kappa shape index (κ3) is 5.18. The van der Waals surface area contributed by atoms with Gasteiger partial charge in [-0.05, 0) is 52.0 Å². The zero-order chi connectivity index (χ0) is 18.4. The number of benzene rings is 1. The molecule has 0 aliphatic heterocycles. The Bertz CT molecular complexity index is 743. The average molecular weight is 363 g/mol. The standard InChI is InChI=1S/C17H21N3O4S/c1-5-23-13-6-8-14(9-7-13)24-11(3)16(21)19-20-17(22)15-10(2)18-12(4)25-15/h6-9,11H,5H2,1-4H3,(H,19,21)(H,20,22). The van der Waals surface area contributed by atoms with Crippen LogP contribution in [-0.4, -0.2) is 29.5 Å². The normalized spacial score (nSPS) is 11.5. The van der Waals surface area contributed by atoms with E-state index in [4.69, 9.17) is 9.47 Å². The van der Waals surface area contributed by atoms with Gasteiger partial charge >= 0.3 is 0 Å². The summed E-state index contributed by atoms with van der Waals surface area (Å²) in [6.07, 6.45) is -0.775. The van der Waals surface area contributed by atoms with Crippen LogP contribution in [0.15, 0.2) is 24.3 Å². The molecule has 2 rings (SSSR count). The summed E-state index contributed by atoms with van der Waals surface area (Å²) in [5, 5.41) is 0.793. The average Bonchev–Trinajstić information content (AvgIpc) is 2.92. The van der Waals surface area contributed by atoms with Crippen LogP contribution in [0.5, 0.6) is 11.5 Å². The van der Waals surface area contributed by atoms with E-state index in [0.29, 0.717) is 22.9 Å². The van der Waals surface area contributed by atoms with E-state index in [9.17, 15) is 9.59 Å². The predicted molar refractivity (Wildman–Crippen MR) is 94.9 cm³/mol. The van der Waals surface area contributed by atoms with Crippen molar-refractivity contribution in [2.75, 3.05) is 6.61 Å². The summed E-state index contributed by atoms with van der Waals surface area (Å²) in [6.45, 7) is 7.65. The Hall–Kier alpha value is -2.61. The smallest absolute Gasteiger partial charge is 0.281 e. The van der Waals surface area contributed by atoms with E-state index in [1.54, 1.807) is 38.1 Å². The molecule has 2 N–H and O–H groups in total. The Labute approximate surface area is 150 Å². The zero-order valence-corrected chi connectivity index (χ0v) is 15.4. The van der Waals surface area contributed by atoms with E-state index in [2.05, 4.69) is 15.8 Å². The highest BCUT2D eigenvalue weighted by Gasteiger charge is 2.18. The van der Waals surface area contributed by atoms with E-state index < -0.39 is 17.9 Å². The number of nitrogens with zero attached hydrogens (tertiary/aromatic N) is 1. The molecule has 0 radical (unpaired) electrons. The van der Waals surface area contributed by atoms with Crippen molar-refractivity contribution in [2.24, 2.45) is 0 Å². The van der Waals surface area contributed by atoms with Crippen LogP contribution in [-0.2, 0) is 4.79 Å². The number of aromatic nitrogens is 1. The van der Waals surface area contributed by atoms with Gasteiger partial charge in [-0.3, -0.25) is 20.4 Å². The number of hydrogen-bond acceptors (Lipinski definition) is 6. The van der Waals surface area contributed by atoms with Crippen molar-refractivity contribution in [1.29, 1.82) is 0 Å². The largest absolute Gasteiger partial charge is 0.494 e. The highest BCUT2D eigenvalue weighted by molar-refractivity contribution is 7.13. The number of aryl methyl sites for hydroxylation is 2. The quantitative estimate of drug-likeness (QED) is 0.769. The molecule has 7 nitrogen and oxygen atoms in total.